The molecule has 0 saturated heterocycles. The minimum absolute atomic E-state index is 0.291. The summed E-state index contributed by atoms with van der Waals surface area (Å²) in [6.07, 6.45) is 0.675. The van der Waals surface area contributed by atoms with Crippen molar-refractivity contribution in [2.24, 2.45) is 5.73 Å². The molecule has 0 amide bonds. The predicted molar refractivity (Wildman–Crippen MR) is 73.9 cm³/mol. The van der Waals surface area contributed by atoms with Crippen molar-refractivity contribution in [2.75, 3.05) is 11.9 Å². The molecular formula is C14H14ClFN2. The second-order valence-corrected chi connectivity index (χ2v) is 4.42. The second kappa shape index (κ2) is 5.85. The van der Waals surface area contributed by atoms with Crippen LogP contribution < -0.4 is 11.1 Å². The van der Waals surface area contributed by atoms with E-state index in [4.69, 9.17) is 17.3 Å². The summed E-state index contributed by atoms with van der Waals surface area (Å²) in [5.74, 6) is -0.291. The van der Waals surface area contributed by atoms with Gasteiger partial charge in [0.1, 0.15) is 5.82 Å². The highest BCUT2D eigenvalue weighted by Gasteiger charge is 2.04. The molecule has 0 aromatic heterocycles. The van der Waals surface area contributed by atoms with E-state index in [1.165, 1.54) is 6.07 Å². The zero-order valence-electron chi connectivity index (χ0n) is 9.79. The smallest absolute Gasteiger partial charge is 0.146 e. The van der Waals surface area contributed by atoms with Crippen LogP contribution in [0.25, 0.3) is 0 Å². The maximum atomic E-state index is 13.8. The Morgan fingerprint density at radius 1 is 1.17 bits per heavy atom. The lowest BCUT2D eigenvalue weighted by molar-refractivity contribution is 0.629. The Morgan fingerprint density at radius 3 is 2.67 bits per heavy atom. The SMILES string of the molecule is NCCc1ccc(Nc2cccc(Cl)c2)c(F)c1. The van der Waals surface area contributed by atoms with Gasteiger partial charge in [-0.25, -0.2) is 4.39 Å². The van der Waals surface area contributed by atoms with Crippen LogP contribution in [-0.4, -0.2) is 6.54 Å². The van der Waals surface area contributed by atoms with E-state index in [2.05, 4.69) is 5.32 Å². The summed E-state index contributed by atoms with van der Waals surface area (Å²) in [5.41, 5.74) is 7.52. The van der Waals surface area contributed by atoms with E-state index >= 15 is 0 Å². The van der Waals surface area contributed by atoms with Gasteiger partial charge in [-0.2, -0.15) is 0 Å². The van der Waals surface area contributed by atoms with Gasteiger partial charge in [0.15, 0.2) is 0 Å². The van der Waals surface area contributed by atoms with E-state index in [9.17, 15) is 4.39 Å². The van der Waals surface area contributed by atoms with Crippen molar-refractivity contribution in [1.82, 2.24) is 0 Å². The molecule has 0 saturated carbocycles. The van der Waals surface area contributed by atoms with E-state index in [0.29, 0.717) is 23.7 Å². The van der Waals surface area contributed by atoms with Crippen molar-refractivity contribution in [3.8, 4) is 0 Å². The quantitative estimate of drug-likeness (QED) is 0.883. The Hall–Kier alpha value is -1.58. The van der Waals surface area contributed by atoms with Crippen molar-refractivity contribution < 1.29 is 4.39 Å². The molecule has 0 aliphatic rings. The van der Waals surface area contributed by atoms with Crippen LogP contribution in [0.1, 0.15) is 5.56 Å². The maximum absolute atomic E-state index is 13.8. The molecule has 3 N–H and O–H groups in total. The lowest BCUT2D eigenvalue weighted by Gasteiger charge is -2.09. The van der Waals surface area contributed by atoms with Gasteiger partial charge in [-0.05, 0) is 48.9 Å². The van der Waals surface area contributed by atoms with Crippen LogP contribution in [0.5, 0.6) is 0 Å². The van der Waals surface area contributed by atoms with Gasteiger partial charge in [0, 0.05) is 10.7 Å². The Bertz CT molecular complexity index is 543. The summed E-state index contributed by atoms with van der Waals surface area (Å²) in [6, 6.07) is 12.2. The predicted octanol–water partition coefficient (Wildman–Crippen LogP) is 3.72. The molecule has 0 radical (unpaired) electrons. The highest BCUT2D eigenvalue weighted by molar-refractivity contribution is 6.30. The Morgan fingerprint density at radius 2 is 2.00 bits per heavy atom. The first kappa shape index (κ1) is 12.9. The van der Waals surface area contributed by atoms with Crippen molar-refractivity contribution in [3.63, 3.8) is 0 Å². The van der Waals surface area contributed by atoms with Crippen LogP contribution in [0, 0.1) is 5.82 Å². The van der Waals surface area contributed by atoms with Gasteiger partial charge in [-0.1, -0.05) is 23.7 Å². The molecule has 0 bridgehead atoms. The Kier molecular flexibility index (Phi) is 4.18. The Balaban J connectivity index is 2.19. The van der Waals surface area contributed by atoms with Crippen LogP contribution in [0.3, 0.4) is 0 Å². The van der Waals surface area contributed by atoms with Crippen molar-refractivity contribution in [1.29, 1.82) is 0 Å². The summed E-state index contributed by atoms with van der Waals surface area (Å²) in [5, 5.41) is 3.60. The van der Waals surface area contributed by atoms with Gasteiger partial charge < -0.3 is 11.1 Å². The zero-order valence-corrected chi connectivity index (χ0v) is 10.5. The average molecular weight is 265 g/mol. The molecule has 2 aromatic rings. The number of benzene rings is 2. The monoisotopic (exact) mass is 264 g/mol. The molecule has 0 aliphatic carbocycles. The standard InChI is InChI=1S/C14H14ClFN2/c15-11-2-1-3-12(9-11)18-14-5-4-10(6-7-17)8-13(14)16/h1-5,8-9,18H,6-7,17H2. The number of halogens is 2. The van der Waals surface area contributed by atoms with Crippen LogP contribution in [0.4, 0.5) is 15.8 Å². The fraction of sp³-hybridized carbons (Fsp3) is 0.143. The van der Waals surface area contributed by atoms with Crippen LogP contribution in [0.15, 0.2) is 42.5 Å². The van der Waals surface area contributed by atoms with E-state index < -0.39 is 0 Å². The normalized spacial score (nSPS) is 10.4. The molecule has 2 nitrogen and oxygen atoms in total. The number of nitrogens with two attached hydrogens (primary N) is 1. The van der Waals surface area contributed by atoms with Crippen LogP contribution in [-0.2, 0) is 6.42 Å². The molecule has 0 atom stereocenters. The topological polar surface area (TPSA) is 38.0 Å². The molecule has 0 aliphatic heterocycles. The van der Waals surface area contributed by atoms with Crippen LogP contribution >= 0.6 is 11.6 Å². The average Bonchev–Trinajstić information content (AvgIpc) is 2.33. The minimum atomic E-state index is -0.291. The third-order valence-corrected chi connectivity index (χ3v) is 2.81. The molecule has 2 rings (SSSR count). The maximum Gasteiger partial charge on any atom is 0.146 e. The van der Waals surface area contributed by atoms with Gasteiger partial charge in [0.25, 0.3) is 0 Å². The summed E-state index contributed by atoms with van der Waals surface area (Å²) in [4.78, 5) is 0. The van der Waals surface area contributed by atoms with E-state index in [-0.39, 0.29) is 5.82 Å². The molecule has 18 heavy (non-hydrogen) atoms. The first-order chi connectivity index (χ1) is 8.69. The summed E-state index contributed by atoms with van der Waals surface area (Å²) >= 11 is 5.87. The molecule has 0 unspecified atom stereocenters. The van der Waals surface area contributed by atoms with Crippen molar-refractivity contribution in [2.45, 2.75) is 6.42 Å². The van der Waals surface area contributed by atoms with Gasteiger partial charge in [-0.3, -0.25) is 0 Å². The molecular weight excluding hydrogens is 251 g/mol. The lowest BCUT2D eigenvalue weighted by atomic mass is 10.1. The fourth-order valence-corrected chi connectivity index (χ4v) is 1.89. The van der Waals surface area contributed by atoms with E-state index in [1.54, 1.807) is 18.2 Å². The van der Waals surface area contributed by atoms with Crippen molar-refractivity contribution >= 4 is 23.0 Å². The molecule has 2 aromatic carbocycles. The Labute approximate surface area is 111 Å². The molecule has 0 fully saturated rings. The minimum Gasteiger partial charge on any atom is -0.353 e. The highest BCUT2D eigenvalue weighted by Crippen LogP contribution is 2.23. The van der Waals surface area contributed by atoms with Crippen LogP contribution in [0.2, 0.25) is 5.02 Å². The third kappa shape index (κ3) is 3.22. The number of anilines is 2. The molecule has 0 heterocycles. The van der Waals surface area contributed by atoms with Gasteiger partial charge in [0.05, 0.1) is 5.69 Å². The van der Waals surface area contributed by atoms with Crippen molar-refractivity contribution in [3.05, 3.63) is 58.9 Å². The van der Waals surface area contributed by atoms with Gasteiger partial charge in [-0.15, -0.1) is 0 Å². The zero-order chi connectivity index (χ0) is 13.0. The van der Waals surface area contributed by atoms with E-state index in [1.807, 2.05) is 18.2 Å². The number of hydrogen-bond acceptors (Lipinski definition) is 2. The van der Waals surface area contributed by atoms with E-state index in [0.717, 1.165) is 11.3 Å². The lowest BCUT2D eigenvalue weighted by Crippen LogP contribution is -2.03. The number of rotatable bonds is 4. The highest BCUT2D eigenvalue weighted by atomic mass is 35.5. The van der Waals surface area contributed by atoms with Gasteiger partial charge >= 0.3 is 0 Å². The fourth-order valence-electron chi connectivity index (χ4n) is 1.70. The first-order valence-corrected chi connectivity index (χ1v) is 6.08. The summed E-state index contributed by atoms with van der Waals surface area (Å²) in [7, 11) is 0. The summed E-state index contributed by atoms with van der Waals surface area (Å²) < 4.78 is 13.8. The van der Waals surface area contributed by atoms with Gasteiger partial charge in [0.2, 0.25) is 0 Å². The number of nitrogens with one attached hydrogen (secondary N) is 1. The largest absolute Gasteiger partial charge is 0.353 e. The first-order valence-electron chi connectivity index (χ1n) is 5.70. The molecule has 94 valence electrons. The number of hydrogen-bond donors (Lipinski definition) is 2. The second-order valence-electron chi connectivity index (χ2n) is 3.99. The molecule has 0 spiro atoms. The molecule has 4 heteroatoms. The third-order valence-electron chi connectivity index (χ3n) is 2.57. The summed E-state index contributed by atoms with van der Waals surface area (Å²) in [6.45, 7) is 0.514.